The molecule has 6 heteroatoms. The molecular formula is C12H15F2N3O. The van der Waals surface area contributed by atoms with E-state index in [1.807, 2.05) is 6.92 Å². The second kappa shape index (κ2) is 7.39. The fourth-order valence-electron chi connectivity index (χ4n) is 1.18. The Labute approximate surface area is 104 Å². The Balaban J connectivity index is 2.56. The molecule has 0 unspecified atom stereocenters. The number of nitrogens with one attached hydrogen (secondary N) is 1. The summed E-state index contributed by atoms with van der Waals surface area (Å²) in [7, 11) is 0. The SMILES string of the molecule is Cc1cc(OC/C(F)=C\C=C/CF)ncc1NN. The second-order valence-electron chi connectivity index (χ2n) is 3.47. The van der Waals surface area contributed by atoms with E-state index in [1.54, 1.807) is 6.07 Å². The third-order valence-corrected chi connectivity index (χ3v) is 2.10. The van der Waals surface area contributed by atoms with Gasteiger partial charge in [0.15, 0.2) is 0 Å². The predicted octanol–water partition coefficient (Wildman–Crippen LogP) is 2.43. The molecule has 98 valence electrons. The van der Waals surface area contributed by atoms with Crippen LogP contribution in [0.15, 0.2) is 36.3 Å². The number of pyridine rings is 1. The van der Waals surface area contributed by atoms with Gasteiger partial charge in [0, 0.05) is 6.07 Å². The van der Waals surface area contributed by atoms with Gasteiger partial charge in [-0.15, -0.1) is 0 Å². The van der Waals surface area contributed by atoms with E-state index in [2.05, 4.69) is 10.4 Å². The second-order valence-corrected chi connectivity index (χ2v) is 3.47. The monoisotopic (exact) mass is 255 g/mol. The normalized spacial score (nSPS) is 11.9. The van der Waals surface area contributed by atoms with Crippen molar-refractivity contribution < 1.29 is 13.5 Å². The molecule has 0 radical (unpaired) electrons. The highest BCUT2D eigenvalue weighted by Gasteiger charge is 2.02. The number of aryl methyl sites for hydroxylation is 1. The van der Waals surface area contributed by atoms with Crippen molar-refractivity contribution in [3.8, 4) is 5.88 Å². The van der Waals surface area contributed by atoms with E-state index in [0.29, 0.717) is 11.6 Å². The summed E-state index contributed by atoms with van der Waals surface area (Å²) in [6, 6.07) is 1.64. The summed E-state index contributed by atoms with van der Waals surface area (Å²) in [5, 5.41) is 0. The van der Waals surface area contributed by atoms with E-state index in [-0.39, 0.29) is 6.61 Å². The van der Waals surface area contributed by atoms with Gasteiger partial charge >= 0.3 is 0 Å². The number of rotatable bonds is 6. The number of hydrogen-bond donors (Lipinski definition) is 2. The van der Waals surface area contributed by atoms with E-state index in [4.69, 9.17) is 10.6 Å². The third kappa shape index (κ3) is 4.50. The van der Waals surface area contributed by atoms with Crippen molar-refractivity contribution >= 4 is 5.69 Å². The first-order chi connectivity index (χ1) is 8.67. The van der Waals surface area contributed by atoms with Crippen LogP contribution >= 0.6 is 0 Å². The molecule has 0 aromatic carbocycles. The van der Waals surface area contributed by atoms with Crippen molar-refractivity contribution in [3.05, 3.63) is 41.9 Å². The van der Waals surface area contributed by atoms with Gasteiger partial charge in [0.2, 0.25) is 5.88 Å². The Hall–Kier alpha value is -1.95. The first-order valence-corrected chi connectivity index (χ1v) is 5.30. The standard InChI is InChI=1S/C12H15F2N3O/c1-9-6-12(16-7-11(9)17-15)18-8-10(14)4-2-3-5-13/h2-4,6-7,17H,5,8,15H2,1H3/b3-2-,10-4+. The topological polar surface area (TPSA) is 60.2 Å². The van der Waals surface area contributed by atoms with Crippen LogP contribution in [0.5, 0.6) is 5.88 Å². The number of nitrogens with two attached hydrogens (primary N) is 1. The molecule has 0 saturated carbocycles. The summed E-state index contributed by atoms with van der Waals surface area (Å²) in [6.07, 6.45) is 5.13. The van der Waals surface area contributed by atoms with Gasteiger partial charge in [0.05, 0.1) is 11.9 Å². The highest BCUT2D eigenvalue weighted by atomic mass is 19.1. The van der Waals surface area contributed by atoms with Crippen LogP contribution < -0.4 is 16.0 Å². The molecule has 0 aliphatic carbocycles. The Morgan fingerprint density at radius 1 is 1.61 bits per heavy atom. The van der Waals surface area contributed by atoms with E-state index < -0.39 is 12.5 Å². The molecule has 0 fully saturated rings. The molecule has 0 aliphatic rings. The van der Waals surface area contributed by atoms with Crippen LogP contribution in [0.3, 0.4) is 0 Å². The van der Waals surface area contributed by atoms with Crippen molar-refractivity contribution in [1.82, 2.24) is 4.98 Å². The molecule has 0 amide bonds. The lowest BCUT2D eigenvalue weighted by molar-refractivity contribution is 0.307. The molecule has 1 aromatic heterocycles. The van der Waals surface area contributed by atoms with Gasteiger partial charge in [-0.05, 0) is 18.6 Å². The fraction of sp³-hybridized carbons (Fsp3) is 0.250. The summed E-state index contributed by atoms with van der Waals surface area (Å²) in [5.41, 5.74) is 3.98. The number of allylic oxidation sites excluding steroid dienone is 3. The summed E-state index contributed by atoms with van der Waals surface area (Å²) in [6.45, 7) is 0.942. The quantitative estimate of drug-likeness (QED) is 0.465. The summed E-state index contributed by atoms with van der Waals surface area (Å²) in [5.74, 6) is 5.03. The van der Waals surface area contributed by atoms with Crippen molar-refractivity contribution in [2.45, 2.75) is 6.92 Å². The minimum atomic E-state index is -0.626. The van der Waals surface area contributed by atoms with Gasteiger partial charge in [0.25, 0.3) is 0 Å². The molecule has 1 aromatic rings. The van der Waals surface area contributed by atoms with Crippen LogP contribution in [0.25, 0.3) is 0 Å². The van der Waals surface area contributed by atoms with Gasteiger partial charge in [-0.25, -0.2) is 13.8 Å². The predicted molar refractivity (Wildman–Crippen MR) is 66.6 cm³/mol. The van der Waals surface area contributed by atoms with Gasteiger partial charge in [-0.3, -0.25) is 5.84 Å². The van der Waals surface area contributed by atoms with Crippen molar-refractivity contribution in [2.24, 2.45) is 5.84 Å². The molecule has 3 N–H and O–H groups in total. The van der Waals surface area contributed by atoms with Crippen molar-refractivity contribution in [2.75, 3.05) is 18.7 Å². The number of nitrogens with zero attached hydrogens (tertiary/aromatic N) is 1. The lowest BCUT2D eigenvalue weighted by Gasteiger charge is -2.07. The van der Waals surface area contributed by atoms with Crippen LogP contribution in [-0.2, 0) is 0 Å². The lowest BCUT2D eigenvalue weighted by atomic mass is 10.2. The zero-order valence-electron chi connectivity index (χ0n) is 9.99. The summed E-state index contributed by atoms with van der Waals surface area (Å²) >= 11 is 0. The molecule has 18 heavy (non-hydrogen) atoms. The Morgan fingerprint density at radius 2 is 2.39 bits per heavy atom. The average molecular weight is 255 g/mol. The van der Waals surface area contributed by atoms with Gasteiger partial charge in [0.1, 0.15) is 19.1 Å². The Bertz CT molecular complexity index is 447. The van der Waals surface area contributed by atoms with Crippen LogP contribution in [0, 0.1) is 6.92 Å². The van der Waals surface area contributed by atoms with Crippen LogP contribution in [-0.4, -0.2) is 18.3 Å². The highest BCUT2D eigenvalue weighted by molar-refractivity contribution is 5.48. The minimum absolute atomic E-state index is 0.252. The van der Waals surface area contributed by atoms with Crippen LogP contribution in [0.1, 0.15) is 5.56 Å². The number of hydrazine groups is 1. The number of halogens is 2. The maximum absolute atomic E-state index is 13.2. The van der Waals surface area contributed by atoms with Crippen molar-refractivity contribution in [3.63, 3.8) is 0 Å². The fourth-order valence-corrected chi connectivity index (χ4v) is 1.18. The number of alkyl halides is 1. The van der Waals surface area contributed by atoms with Crippen molar-refractivity contribution in [1.29, 1.82) is 0 Å². The van der Waals surface area contributed by atoms with Gasteiger partial charge in [-0.2, -0.15) is 0 Å². The number of ether oxygens (including phenoxy) is 1. The third-order valence-electron chi connectivity index (χ3n) is 2.10. The molecule has 0 bridgehead atoms. The van der Waals surface area contributed by atoms with Crippen LogP contribution in [0.2, 0.25) is 0 Å². The molecule has 1 heterocycles. The molecule has 0 atom stereocenters. The largest absolute Gasteiger partial charge is 0.470 e. The molecule has 1 rings (SSSR count). The first kappa shape index (κ1) is 14.1. The zero-order valence-corrected chi connectivity index (χ0v) is 9.99. The minimum Gasteiger partial charge on any atom is -0.470 e. The number of hydrogen-bond acceptors (Lipinski definition) is 4. The molecule has 4 nitrogen and oxygen atoms in total. The van der Waals surface area contributed by atoms with Gasteiger partial charge < -0.3 is 10.2 Å². The summed E-state index contributed by atoms with van der Waals surface area (Å²) in [4.78, 5) is 3.94. The molecule has 0 spiro atoms. The Morgan fingerprint density at radius 3 is 3.00 bits per heavy atom. The Kier molecular flexibility index (Phi) is 5.79. The maximum Gasteiger partial charge on any atom is 0.213 e. The average Bonchev–Trinajstić information content (AvgIpc) is 2.37. The highest BCUT2D eigenvalue weighted by Crippen LogP contribution is 2.17. The van der Waals surface area contributed by atoms with E-state index in [9.17, 15) is 8.78 Å². The van der Waals surface area contributed by atoms with E-state index in [0.717, 1.165) is 11.6 Å². The zero-order chi connectivity index (χ0) is 13.4. The lowest BCUT2D eigenvalue weighted by Crippen LogP contribution is -2.09. The molecule has 0 saturated heterocycles. The van der Waals surface area contributed by atoms with E-state index in [1.165, 1.54) is 18.3 Å². The number of anilines is 1. The van der Waals surface area contributed by atoms with Gasteiger partial charge in [-0.1, -0.05) is 12.2 Å². The first-order valence-electron chi connectivity index (χ1n) is 5.30. The number of aromatic nitrogens is 1. The van der Waals surface area contributed by atoms with Crippen LogP contribution in [0.4, 0.5) is 14.5 Å². The molecular weight excluding hydrogens is 240 g/mol. The maximum atomic E-state index is 13.2. The smallest absolute Gasteiger partial charge is 0.213 e. The number of nitrogen functional groups attached to an aromatic ring is 1. The molecule has 0 aliphatic heterocycles. The van der Waals surface area contributed by atoms with E-state index >= 15 is 0 Å². The summed E-state index contributed by atoms with van der Waals surface area (Å²) < 4.78 is 30.0.